The number of hydrogen-bond acceptors (Lipinski definition) is 3. The van der Waals surface area contributed by atoms with E-state index in [0.717, 1.165) is 17.1 Å². The molecule has 0 aliphatic carbocycles. The highest BCUT2D eigenvalue weighted by molar-refractivity contribution is 5.37. The summed E-state index contributed by atoms with van der Waals surface area (Å²) in [7, 11) is 1.62. The molecule has 0 unspecified atom stereocenters. The number of aliphatic hydroxyl groups excluding tert-OH is 1. The predicted octanol–water partition coefficient (Wildman–Crippen LogP) is 1.37. The lowest BCUT2D eigenvalue weighted by molar-refractivity contribution is 0.201. The van der Waals surface area contributed by atoms with Crippen molar-refractivity contribution in [3.05, 3.63) is 23.8 Å². The molecule has 0 amide bonds. The van der Waals surface area contributed by atoms with Gasteiger partial charge in [-0.25, -0.2) is 0 Å². The highest BCUT2D eigenvalue weighted by Gasteiger charge is 1.98. The van der Waals surface area contributed by atoms with Gasteiger partial charge in [0.15, 0.2) is 0 Å². The van der Waals surface area contributed by atoms with Crippen LogP contribution in [0.5, 0.6) is 11.5 Å². The van der Waals surface area contributed by atoms with Gasteiger partial charge in [0, 0.05) is 6.07 Å². The molecule has 3 heteroatoms. The van der Waals surface area contributed by atoms with E-state index in [9.17, 15) is 0 Å². The fraction of sp³-hybridized carbons (Fsp3) is 0.400. The van der Waals surface area contributed by atoms with E-state index in [1.807, 2.05) is 19.1 Å². The average Bonchev–Trinajstić information content (AvgIpc) is 2.14. The minimum Gasteiger partial charge on any atom is -0.497 e. The fourth-order valence-electron chi connectivity index (χ4n) is 1.08. The molecule has 0 bridgehead atoms. The lowest BCUT2D eigenvalue weighted by Gasteiger charge is -2.07. The molecule has 0 aliphatic rings. The summed E-state index contributed by atoms with van der Waals surface area (Å²) >= 11 is 0. The van der Waals surface area contributed by atoms with Gasteiger partial charge in [0.2, 0.25) is 0 Å². The minimum absolute atomic E-state index is 0.0241. The van der Waals surface area contributed by atoms with Gasteiger partial charge in [0.25, 0.3) is 0 Å². The second-order valence-electron chi connectivity index (χ2n) is 2.76. The van der Waals surface area contributed by atoms with E-state index in [-0.39, 0.29) is 6.61 Å². The Kier molecular flexibility index (Phi) is 3.58. The Morgan fingerprint density at radius 3 is 2.54 bits per heavy atom. The molecule has 0 atom stereocenters. The molecule has 1 aromatic carbocycles. The number of ether oxygens (including phenoxy) is 2. The molecule has 3 nitrogen and oxygen atoms in total. The van der Waals surface area contributed by atoms with Gasteiger partial charge in [0.05, 0.1) is 13.7 Å². The fourth-order valence-corrected chi connectivity index (χ4v) is 1.08. The van der Waals surface area contributed by atoms with Crippen molar-refractivity contribution in [1.82, 2.24) is 0 Å². The second kappa shape index (κ2) is 4.72. The quantitative estimate of drug-likeness (QED) is 0.764. The van der Waals surface area contributed by atoms with E-state index in [1.165, 1.54) is 0 Å². The second-order valence-corrected chi connectivity index (χ2v) is 2.76. The number of hydrogen-bond donors (Lipinski definition) is 1. The average molecular weight is 182 g/mol. The van der Waals surface area contributed by atoms with Crippen LogP contribution in [0.1, 0.15) is 5.56 Å². The van der Waals surface area contributed by atoms with Crippen LogP contribution in [0.15, 0.2) is 18.2 Å². The number of aryl methyl sites for hydroxylation is 1. The molecule has 0 saturated heterocycles. The first kappa shape index (κ1) is 9.86. The van der Waals surface area contributed by atoms with Crippen LogP contribution >= 0.6 is 0 Å². The molecular formula is C10H14O3. The highest BCUT2D eigenvalue weighted by atomic mass is 16.5. The first-order chi connectivity index (χ1) is 6.26. The number of benzene rings is 1. The van der Waals surface area contributed by atoms with E-state index in [1.54, 1.807) is 13.2 Å². The molecule has 72 valence electrons. The Morgan fingerprint density at radius 1 is 1.23 bits per heavy atom. The molecule has 0 fully saturated rings. The van der Waals surface area contributed by atoms with Crippen LogP contribution in [0, 0.1) is 6.92 Å². The molecule has 13 heavy (non-hydrogen) atoms. The molecular weight excluding hydrogens is 168 g/mol. The van der Waals surface area contributed by atoms with Crippen molar-refractivity contribution in [3.63, 3.8) is 0 Å². The largest absolute Gasteiger partial charge is 0.497 e. The van der Waals surface area contributed by atoms with E-state index in [2.05, 4.69) is 0 Å². The SMILES string of the molecule is COc1cc(C)cc(OCCO)c1. The molecule has 0 aromatic heterocycles. The number of methoxy groups -OCH3 is 1. The van der Waals surface area contributed by atoms with Crippen molar-refractivity contribution in [2.45, 2.75) is 6.92 Å². The zero-order valence-corrected chi connectivity index (χ0v) is 7.91. The van der Waals surface area contributed by atoms with E-state index >= 15 is 0 Å². The van der Waals surface area contributed by atoms with Gasteiger partial charge in [-0.2, -0.15) is 0 Å². The van der Waals surface area contributed by atoms with Crippen LogP contribution in [0.4, 0.5) is 0 Å². The first-order valence-corrected chi connectivity index (χ1v) is 4.15. The topological polar surface area (TPSA) is 38.7 Å². The maximum absolute atomic E-state index is 8.57. The molecule has 0 radical (unpaired) electrons. The Bertz CT molecular complexity index is 271. The van der Waals surface area contributed by atoms with E-state index < -0.39 is 0 Å². The summed E-state index contributed by atoms with van der Waals surface area (Å²) in [5.74, 6) is 1.50. The maximum Gasteiger partial charge on any atom is 0.123 e. The van der Waals surface area contributed by atoms with Gasteiger partial charge in [-0.1, -0.05) is 0 Å². The number of aliphatic hydroxyl groups is 1. The molecule has 1 aromatic rings. The lowest BCUT2D eigenvalue weighted by Crippen LogP contribution is -2.01. The van der Waals surface area contributed by atoms with Gasteiger partial charge in [0.1, 0.15) is 18.1 Å². The molecule has 0 aliphatic heterocycles. The normalized spacial score (nSPS) is 9.77. The van der Waals surface area contributed by atoms with Crippen LogP contribution in [0.2, 0.25) is 0 Å². The summed E-state index contributed by atoms with van der Waals surface area (Å²) in [6.45, 7) is 2.30. The minimum atomic E-state index is 0.0241. The van der Waals surface area contributed by atoms with Crippen LogP contribution in [0.25, 0.3) is 0 Å². The van der Waals surface area contributed by atoms with Gasteiger partial charge in [-0.3, -0.25) is 0 Å². The van der Waals surface area contributed by atoms with Gasteiger partial charge < -0.3 is 14.6 Å². The highest BCUT2D eigenvalue weighted by Crippen LogP contribution is 2.21. The van der Waals surface area contributed by atoms with Crippen molar-refractivity contribution in [2.75, 3.05) is 20.3 Å². The maximum atomic E-state index is 8.57. The Balaban J connectivity index is 2.76. The Hall–Kier alpha value is -1.22. The van der Waals surface area contributed by atoms with E-state index in [4.69, 9.17) is 14.6 Å². The monoisotopic (exact) mass is 182 g/mol. The van der Waals surface area contributed by atoms with Crippen molar-refractivity contribution >= 4 is 0 Å². The van der Waals surface area contributed by atoms with Crippen molar-refractivity contribution in [1.29, 1.82) is 0 Å². The zero-order chi connectivity index (χ0) is 9.68. The third-order valence-electron chi connectivity index (χ3n) is 1.62. The van der Waals surface area contributed by atoms with Crippen LogP contribution in [-0.2, 0) is 0 Å². The number of rotatable bonds is 4. The molecule has 1 rings (SSSR count). The smallest absolute Gasteiger partial charge is 0.123 e. The Labute approximate surface area is 77.9 Å². The summed E-state index contributed by atoms with van der Waals surface area (Å²) in [5.41, 5.74) is 1.08. The molecule has 1 N–H and O–H groups in total. The third-order valence-corrected chi connectivity index (χ3v) is 1.62. The first-order valence-electron chi connectivity index (χ1n) is 4.15. The molecule has 0 saturated carbocycles. The summed E-state index contributed by atoms with van der Waals surface area (Å²) < 4.78 is 10.3. The third kappa shape index (κ3) is 2.95. The van der Waals surface area contributed by atoms with Crippen LogP contribution in [-0.4, -0.2) is 25.4 Å². The Morgan fingerprint density at radius 2 is 1.92 bits per heavy atom. The predicted molar refractivity (Wildman–Crippen MR) is 50.3 cm³/mol. The van der Waals surface area contributed by atoms with Crippen molar-refractivity contribution in [2.24, 2.45) is 0 Å². The summed E-state index contributed by atoms with van der Waals surface area (Å²) in [4.78, 5) is 0. The summed E-state index contributed by atoms with van der Waals surface area (Å²) in [6, 6.07) is 5.62. The van der Waals surface area contributed by atoms with E-state index in [0.29, 0.717) is 6.61 Å². The van der Waals surface area contributed by atoms with Gasteiger partial charge in [-0.15, -0.1) is 0 Å². The standard InChI is InChI=1S/C10H14O3/c1-8-5-9(12-2)7-10(6-8)13-4-3-11/h5-7,11H,3-4H2,1-2H3. The van der Waals surface area contributed by atoms with Crippen molar-refractivity contribution in [3.8, 4) is 11.5 Å². The lowest BCUT2D eigenvalue weighted by atomic mass is 10.2. The van der Waals surface area contributed by atoms with Crippen molar-refractivity contribution < 1.29 is 14.6 Å². The molecule has 0 spiro atoms. The zero-order valence-electron chi connectivity index (χ0n) is 7.91. The van der Waals surface area contributed by atoms with Crippen LogP contribution in [0.3, 0.4) is 0 Å². The van der Waals surface area contributed by atoms with Gasteiger partial charge >= 0.3 is 0 Å². The van der Waals surface area contributed by atoms with Crippen LogP contribution < -0.4 is 9.47 Å². The summed E-state index contributed by atoms with van der Waals surface area (Å²) in [6.07, 6.45) is 0. The molecule has 0 heterocycles. The summed E-state index contributed by atoms with van der Waals surface area (Å²) in [5, 5.41) is 8.57. The van der Waals surface area contributed by atoms with Gasteiger partial charge in [-0.05, 0) is 24.6 Å².